The van der Waals surface area contributed by atoms with Crippen LogP contribution in [0.15, 0.2) is 29.1 Å². The smallest absolute Gasteiger partial charge is 0.282 e. The van der Waals surface area contributed by atoms with Gasteiger partial charge in [-0.2, -0.15) is 10.4 Å². The molecule has 0 aliphatic heterocycles. The van der Waals surface area contributed by atoms with Crippen LogP contribution in [0.2, 0.25) is 0 Å². The van der Waals surface area contributed by atoms with Gasteiger partial charge in [0.25, 0.3) is 5.56 Å². The molecular weight excluding hydrogens is 312 g/mol. The molecule has 1 aromatic carbocycles. The van der Waals surface area contributed by atoms with Crippen LogP contribution in [0.25, 0.3) is 12.2 Å². The summed E-state index contributed by atoms with van der Waals surface area (Å²) in [5, 5.41) is 15.4. The largest absolute Gasteiger partial charge is 0.372 e. The third kappa shape index (κ3) is 4.57. The molecule has 1 heterocycles. The molecule has 0 unspecified atom stereocenters. The first-order valence-corrected chi connectivity index (χ1v) is 8.63. The fraction of sp³-hybridized carbons (Fsp3) is 0.350. The predicted molar refractivity (Wildman–Crippen MR) is 102 cm³/mol. The molecule has 130 valence electrons. The normalized spacial score (nSPS) is 10.8. The Bertz CT molecular complexity index is 822. The van der Waals surface area contributed by atoms with Crippen LogP contribution in [-0.2, 0) is 0 Å². The van der Waals surface area contributed by atoms with Crippen molar-refractivity contribution in [3.05, 3.63) is 57.0 Å². The average molecular weight is 336 g/mol. The fourth-order valence-electron chi connectivity index (χ4n) is 2.73. The second kappa shape index (κ2) is 8.84. The molecule has 1 aromatic heterocycles. The molecule has 0 spiro atoms. The Labute approximate surface area is 148 Å². The molecule has 0 saturated carbocycles. The number of nitrogens with one attached hydrogen (secondary N) is 1. The van der Waals surface area contributed by atoms with E-state index in [0.29, 0.717) is 11.3 Å². The molecule has 0 atom stereocenters. The molecule has 25 heavy (non-hydrogen) atoms. The zero-order valence-electron chi connectivity index (χ0n) is 15.0. The second-order valence-corrected chi connectivity index (χ2v) is 5.96. The molecule has 5 nitrogen and oxygen atoms in total. The van der Waals surface area contributed by atoms with E-state index in [1.807, 2.05) is 18.2 Å². The number of benzene rings is 1. The van der Waals surface area contributed by atoms with Crippen molar-refractivity contribution < 1.29 is 0 Å². The number of H-pyrrole nitrogens is 1. The molecule has 0 amide bonds. The van der Waals surface area contributed by atoms with Gasteiger partial charge < -0.3 is 4.90 Å². The monoisotopic (exact) mass is 336 g/mol. The Morgan fingerprint density at radius 3 is 2.36 bits per heavy atom. The lowest BCUT2D eigenvalue weighted by Gasteiger charge is -2.23. The maximum atomic E-state index is 11.5. The van der Waals surface area contributed by atoms with Crippen LogP contribution in [0.3, 0.4) is 0 Å². The quantitative estimate of drug-likeness (QED) is 0.836. The highest BCUT2D eigenvalue weighted by Crippen LogP contribution is 2.18. The molecule has 5 heteroatoms. The summed E-state index contributed by atoms with van der Waals surface area (Å²) in [6.45, 7) is 8.22. The molecule has 0 fully saturated rings. The van der Waals surface area contributed by atoms with Crippen molar-refractivity contribution in [3.63, 3.8) is 0 Å². The third-order valence-electron chi connectivity index (χ3n) is 4.05. The van der Waals surface area contributed by atoms with E-state index < -0.39 is 5.56 Å². The van der Waals surface area contributed by atoms with Gasteiger partial charge in [0.2, 0.25) is 0 Å². The van der Waals surface area contributed by atoms with Crippen molar-refractivity contribution in [2.24, 2.45) is 0 Å². The van der Waals surface area contributed by atoms with Gasteiger partial charge >= 0.3 is 0 Å². The number of hydrogen-bond donors (Lipinski definition) is 1. The van der Waals surface area contributed by atoms with E-state index in [1.165, 1.54) is 5.69 Å². The van der Waals surface area contributed by atoms with Crippen LogP contribution in [0, 0.1) is 18.3 Å². The maximum absolute atomic E-state index is 11.5. The summed E-state index contributed by atoms with van der Waals surface area (Å²) in [6, 6.07) is 10.3. The molecule has 2 aromatic rings. The van der Waals surface area contributed by atoms with Crippen LogP contribution < -0.4 is 10.5 Å². The van der Waals surface area contributed by atoms with Gasteiger partial charge in [-0.1, -0.05) is 32.1 Å². The highest BCUT2D eigenvalue weighted by molar-refractivity contribution is 5.70. The predicted octanol–water partition coefficient (Wildman–Crippen LogP) is 3.75. The summed E-state index contributed by atoms with van der Waals surface area (Å²) >= 11 is 0. The minimum absolute atomic E-state index is 0.111. The van der Waals surface area contributed by atoms with Crippen molar-refractivity contribution in [2.45, 2.75) is 33.6 Å². The Kier molecular flexibility index (Phi) is 6.53. The van der Waals surface area contributed by atoms with Crippen LogP contribution >= 0.6 is 0 Å². The van der Waals surface area contributed by atoms with Gasteiger partial charge in [-0.25, -0.2) is 5.10 Å². The molecular formula is C20H24N4O. The minimum Gasteiger partial charge on any atom is -0.372 e. The van der Waals surface area contributed by atoms with Crippen molar-refractivity contribution in [1.29, 1.82) is 5.26 Å². The lowest BCUT2D eigenvalue weighted by atomic mass is 10.1. The van der Waals surface area contributed by atoms with E-state index >= 15 is 0 Å². The zero-order chi connectivity index (χ0) is 18.2. The van der Waals surface area contributed by atoms with Gasteiger partial charge in [0.1, 0.15) is 11.6 Å². The van der Waals surface area contributed by atoms with Crippen LogP contribution in [-0.4, -0.2) is 23.3 Å². The first kappa shape index (κ1) is 18.5. The lowest BCUT2D eigenvalue weighted by molar-refractivity contribution is 0.745. The van der Waals surface area contributed by atoms with Gasteiger partial charge in [0.15, 0.2) is 0 Å². The zero-order valence-corrected chi connectivity index (χ0v) is 15.0. The number of anilines is 1. The van der Waals surface area contributed by atoms with E-state index in [2.05, 4.69) is 53.2 Å². The molecule has 0 saturated heterocycles. The van der Waals surface area contributed by atoms with Gasteiger partial charge in [0.05, 0.1) is 5.69 Å². The lowest BCUT2D eigenvalue weighted by Crippen LogP contribution is -2.24. The topological polar surface area (TPSA) is 72.8 Å². The number of aromatic amines is 1. The summed E-state index contributed by atoms with van der Waals surface area (Å²) in [4.78, 5) is 13.9. The molecule has 0 bridgehead atoms. The molecule has 0 aliphatic rings. The number of hydrogen-bond acceptors (Lipinski definition) is 4. The number of nitriles is 1. The number of nitrogens with zero attached hydrogens (tertiary/aromatic N) is 3. The standard InChI is InChI=1S/C20H24N4O/c1-4-12-24(13-5-2)17-9-6-16(7-10-17)8-11-19-15(3)18(14-21)20(25)23-22-19/h6-11H,4-5,12-13H2,1-3H3,(H,23,25)/b11-8+. The highest BCUT2D eigenvalue weighted by atomic mass is 16.1. The summed E-state index contributed by atoms with van der Waals surface area (Å²) in [5.74, 6) is 0. The van der Waals surface area contributed by atoms with Crippen LogP contribution in [0.4, 0.5) is 5.69 Å². The van der Waals surface area contributed by atoms with Gasteiger partial charge in [-0.3, -0.25) is 4.79 Å². The molecule has 1 N–H and O–H groups in total. The van der Waals surface area contributed by atoms with Crippen molar-refractivity contribution in [2.75, 3.05) is 18.0 Å². The van der Waals surface area contributed by atoms with Crippen molar-refractivity contribution >= 4 is 17.8 Å². The van der Waals surface area contributed by atoms with Crippen molar-refractivity contribution in [3.8, 4) is 6.07 Å². The minimum atomic E-state index is -0.451. The van der Waals surface area contributed by atoms with E-state index in [0.717, 1.165) is 31.5 Å². The number of aromatic nitrogens is 2. The first-order valence-electron chi connectivity index (χ1n) is 8.63. The third-order valence-corrected chi connectivity index (χ3v) is 4.05. The van der Waals surface area contributed by atoms with Gasteiger partial charge in [0, 0.05) is 18.8 Å². The first-order chi connectivity index (χ1) is 12.1. The van der Waals surface area contributed by atoms with Gasteiger partial charge in [-0.05, 0) is 49.1 Å². The summed E-state index contributed by atoms with van der Waals surface area (Å²) < 4.78 is 0. The van der Waals surface area contributed by atoms with Gasteiger partial charge in [-0.15, -0.1) is 0 Å². The van der Waals surface area contributed by atoms with Crippen LogP contribution in [0.5, 0.6) is 0 Å². The van der Waals surface area contributed by atoms with E-state index in [4.69, 9.17) is 5.26 Å². The summed E-state index contributed by atoms with van der Waals surface area (Å²) in [7, 11) is 0. The molecule has 0 aliphatic carbocycles. The average Bonchev–Trinajstić information content (AvgIpc) is 2.62. The van der Waals surface area contributed by atoms with E-state index in [-0.39, 0.29) is 5.56 Å². The Morgan fingerprint density at radius 1 is 1.16 bits per heavy atom. The summed E-state index contributed by atoms with van der Waals surface area (Å²) in [5.41, 5.74) is 3.12. The highest BCUT2D eigenvalue weighted by Gasteiger charge is 2.07. The number of rotatable bonds is 7. The fourth-order valence-corrected chi connectivity index (χ4v) is 2.73. The Hall–Kier alpha value is -2.87. The molecule has 2 rings (SSSR count). The SMILES string of the molecule is CCCN(CCC)c1ccc(/C=C/c2n[nH]c(=O)c(C#N)c2C)cc1. The van der Waals surface area contributed by atoms with E-state index in [9.17, 15) is 4.79 Å². The maximum Gasteiger partial charge on any atom is 0.282 e. The van der Waals surface area contributed by atoms with E-state index in [1.54, 1.807) is 6.92 Å². The van der Waals surface area contributed by atoms with Crippen LogP contribution in [0.1, 0.15) is 49.1 Å². The Morgan fingerprint density at radius 2 is 1.80 bits per heavy atom. The molecule has 0 radical (unpaired) electrons. The second-order valence-electron chi connectivity index (χ2n) is 5.96. The Balaban J connectivity index is 2.20. The van der Waals surface area contributed by atoms with Crippen molar-refractivity contribution in [1.82, 2.24) is 10.2 Å². The summed E-state index contributed by atoms with van der Waals surface area (Å²) in [6.07, 6.45) is 6.00.